The third-order valence-electron chi connectivity index (χ3n) is 4.64. The van der Waals surface area contributed by atoms with E-state index in [0.717, 1.165) is 22.9 Å². The minimum absolute atomic E-state index is 0.117. The van der Waals surface area contributed by atoms with Crippen molar-refractivity contribution in [2.45, 2.75) is 11.9 Å². The lowest BCUT2D eigenvalue weighted by Crippen LogP contribution is -2.33. The number of hydrogen-bond donors (Lipinski definition) is 4. The van der Waals surface area contributed by atoms with Crippen LogP contribution in [0, 0.1) is 29.6 Å². The molecule has 9 heteroatoms. The molecule has 3 aromatic rings. The van der Waals surface area contributed by atoms with Gasteiger partial charge in [-0.05, 0) is 23.6 Å². The summed E-state index contributed by atoms with van der Waals surface area (Å²) < 4.78 is 0. The first-order valence-corrected chi connectivity index (χ1v) is 10.1. The van der Waals surface area contributed by atoms with Gasteiger partial charge in [-0.1, -0.05) is 65.9 Å². The van der Waals surface area contributed by atoms with Gasteiger partial charge >= 0.3 is 0 Å². The number of aromatic amines is 1. The van der Waals surface area contributed by atoms with Crippen LogP contribution in [0.15, 0.2) is 63.5 Å². The number of thioether (sulfide) groups is 1. The van der Waals surface area contributed by atoms with Gasteiger partial charge in [0.1, 0.15) is 23.5 Å². The predicted octanol–water partition coefficient (Wildman–Crippen LogP) is 2.59. The number of H-pyrrole nitrogens is 1. The maximum atomic E-state index is 12.5. The Bertz CT molecular complexity index is 1260. The molecule has 31 heavy (non-hydrogen) atoms. The zero-order chi connectivity index (χ0) is 22.4. The minimum Gasteiger partial charge on any atom is -0.322 e. The van der Waals surface area contributed by atoms with Crippen molar-refractivity contribution in [1.82, 2.24) is 10.4 Å². The summed E-state index contributed by atoms with van der Waals surface area (Å²) in [5, 5.41) is 23.2. The largest absolute Gasteiger partial charge is 0.322 e. The van der Waals surface area contributed by atoms with E-state index in [1.165, 1.54) is 5.56 Å². The van der Waals surface area contributed by atoms with Crippen LogP contribution in [0.5, 0.6) is 0 Å². The van der Waals surface area contributed by atoms with Crippen LogP contribution >= 0.6 is 11.8 Å². The van der Waals surface area contributed by atoms with E-state index in [1.807, 2.05) is 49.4 Å². The van der Waals surface area contributed by atoms with Gasteiger partial charge in [-0.3, -0.25) is 4.79 Å². The maximum Gasteiger partial charge on any atom is 0.267 e. The molecular weight excluding hydrogens is 410 g/mol. The van der Waals surface area contributed by atoms with E-state index >= 15 is 0 Å². The normalized spacial score (nSPS) is 10.9. The van der Waals surface area contributed by atoms with Crippen molar-refractivity contribution >= 4 is 17.6 Å². The van der Waals surface area contributed by atoms with Crippen molar-refractivity contribution in [2.75, 3.05) is 5.75 Å². The Hall–Kier alpha value is -4.05. The fourth-order valence-corrected chi connectivity index (χ4v) is 3.92. The number of aromatic nitrogens is 1. The van der Waals surface area contributed by atoms with Crippen LogP contribution in [0.3, 0.4) is 0 Å². The second-order valence-corrected chi connectivity index (χ2v) is 7.57. The zero-order valence-electron chi connectivity index (χ0n) is 16.6. The summed E-state index contributed by atoms with van der Waals surface area (Å²) >= 11 is 1.13. The smallest absolute Gasteiger partial charge is 0.267 e. The van der Waals surface area contributed by atoms with Gasteiger partial charge < -0.3 is 16.3 Å². The molecule has 1 aromatic heterocycles. The summed E-state index contributed by atoms with van der Waals surface area (Å²) in [6, 6.07) is 19.5. The van der Waals surface area contributed by atoms with E-state index < -0.39 is 5.56 Å². The highest BCUT2D eigenvalue weighted by molar-refractivity contribution is 8.00. The fraction of sp³-hybridized carbons (Fsp3) is 0.0909. The van der Waals surface area contributed by atoms with Gasteiger partial charge in [0, 0.05) is 5.56 Å². The maximum absolute atomic E-state index is 12.5. The topological polar surface area (TPSA) is 157 Å². The molecule has 3 rings (SSSR count). The van der Waals surface area contributed by atoms with Gasteiger partial charge in [-0.25, -0.2) is 5.84 Å². The highest BCUT2D eigenvalue weighted by atomic mass is 32.2. The first-order valence-electron chi connectivity index (χ1n) is 9.16. The number of benzene rings is 2. The number of aryl methyl sites for hydroxylation is 1. The summed E-state index contributed by atoms with van der Waals surface area (Å²) in [4.78, 5) is 15.1. The summed E-state index contributed by atoms with van der Waals surface area (Å²) in [6.07, 6.45) is 0. The van der Waals surface area contributed by atoms with E-state index in [0.29, 0.717) is 16.2 Å². The Labute approximate surface area is 183 Å². The molecule has 0 saturated heterocycles. The molecule has 8 nitrogen and oxygen atoms in total. The van der Waals surface area contributed by atoms with Gasteiger partial charge in [0.25, 0.3) is 5.56 Å². The third-order valence-corrected chi connectivity index (χ3v) is 5.65. The van der Waals surface area contributed by atoms with Crippen LogP contribution in [-0.4, -0.2) is 16.6 Å². The number of nitriles is 2. The fourth-order valence-electron chi connectivity index (χ4n) is 3.02. The number of nitrogens with zero attached hydrogens (tertiary/aromatic N) is 3. The molecule has 0 aliphatic rings. The van der Waals surface area contributed by atoms with Gasteiger partial charge in [0.05, 0.1) is 16.3 Å². The number of nitrogens with two attached hydrogens (primary N) is 2. The molecular formula is C22H19N7OS. The van der Waals surface area contributed by atoms with Crippen LogP contribution in [-0.2, 0) is 0 Å². The lowest BCUT2D eigenvalue weighted by Gasteiger charge is -2.12. The number of rotatable bonds is 5. The SMILES string of the molecule is Cc1ccc(-c2ccc(-c3c(C#N)c(SC/C(=N/N)NN)[nH]c(=O)c3C#N)cc2)cc1. The van der Waals surface area contributed by atoms with Crippen molar-refractivity contribution in [3.8, 4) is 34.4 Å². The molecule has 0 spiro atoms. The average molecular weight is 430 g/mol. The summed E-state index contributed by atoms with van der Waals surface area (Å²) in [6.45, 7) is 2.02. The highest BCUT2D eigenvalue weighted by Crippen LogP contribution is 2.32. The zero-order valence-corrected chi connectivity index (χ0v) is 17.5. The first-order chi connectivity index (χ1) is 15.0. The number of hydrazine groups is 1. The highest BCUT2D eigenvalue weighted by Gasteiger charge is 2.20. The van der Waals surface area contributed by atoms with Crippen LogP contribution < -0.4 is 22.7 Å². The van der Waals surface area contributed by atoms with Gasteiger partial charge in [-0.2, -0.15) is 15.6 Å². The van der Waals surface area contributed by atoms with Crippen LogP contribution in [0.4, 0.5) is 0 Å². The summed E-state index contributed by atoms with van der Waals surface area (Å²) in [5.41, 5.74) is 5.93. The second kappa shape index (κ2) is 9.63. The van der Waals surface area contributed by atoms with E-state index in [1.54, 1.807) is 12.1 Å². The number of pyridine rings is 1. The van der Waals surface area contributed by atoms with E-state index in [2.05, 4.69) is 21.6 Å². The van der Waals surface area contributed by atoms with Crippen molar-refractivity contribution in [3.05, 3.63) is 75.6 Å². The van der Waals surface area contributed by atoms with E-state index in [-0.39, 0.29) is 22.7 Å². The quantitative estimate of drug-likeness (QED) is 0.160. The Morgan fingerprint density at radius 1 is 1.03 bits per heavy atom. The predicted molar refractivity (Wildman–Crippen MR) is 122 cm³/mol. The third kappa shape index (κ3) is 4.59. The molecule has 0 aliphatic heterocycles. The number of nitrogens with one attached hydrogen (secondary N) is 2. The monoisotopic (exact) mass is 429 g/mol. The van der Waals surface area contributed by atoms with Crippen LogP contribution in [0.2, 0.25) is 0 Å². The minimum atomic E-state index is -0.575. The molecule has 0 amide bonds. The molecule has 0 saturated carbocycles. The van der Waals surface area contributed by atoms with Crippen LogP contribution in [0.1, 0.15) is 16.7 Å². The number of hydrogen-bond acceptors (Lipinski definition) is 7. The molecule has 0 aliphatic carbocycles. The lowest BCUT2D eigenvalue weighted by molar-refractivity contribution is 0.995. The molecule has 0 unspecified atom stereocenters. The van der Waals surface area contributed by atoms with Crippen molar-refractivity contribution < 1.29 is 0 Å². The van der Waals surface area contributed by atoms with Gasteiger partial charge in [0.2, 0.25) is 0 Å². The summed E-state index contributed by atoms with van der Waals surface area (Å²) in [7, 11) is 0. The van der Waals surface area contributed by atoms with Crippen LogP contribution in [0.25, 0.3) is 22.3 Å². The Balaban J connectivity index is 2.09. The van der Waals surface area contributed by atoms with E-state index in [9.17, 15) is 15.3 Å². The molecule has 6 N–H and O–H groups in total. The lowest BCUT2D eigenvalue weighted by atomic mass is 9.95. The second-order valence-electron chi connectivity index (χ2n) is 6.58. The number of amidine groups is 1. The molecule has 0 atom stereocenters. The van der Waals surface area contributed by atoms with E-state index in [4.69, 9.17) is 11.7 Å². The standard InChI is InChI=1S/C22H19N7OS/c1-13-2-4-14(5-3-13)15-6-8-16(9-7-15)20-17(10-23)21(30)27-22(18(20)11-24)31-12-19(28-25)29-26/h2-9H,12,25-26H2,1H3,(H,27,30)(H,28,29). The molecule has 154 valence electrons. The Morgan fingerprint density at radius 2 is 1.58 bits per heavy atom. The van der Waals surface area contributed by atoms with Crippen molar-refractivity contribution in [1.29, 1.82) is 10.5 Å². The summed E-state index contributed by atoms with van der Waals surface area (Å²) in [5.74, 6) is 11.1. The molecule has 0 bridgehead atoms. The van der Waals surface area contributed by atoms with Gasteiger partial charge in [-0.15, -0.1) is 0 Å². The molecule has 0 radical (unpaired) electrons. The Kier molecular flexibility index (Phi) is 6.73. The molecule has 2 aromatic carbocycles. The van der Waals surface area contributed by atoms with Crippen molar-refractivity contribution in [3.63, 3.8) is 0 Å². The molecule has 0 fully saturated rings. The first kappa shape index (κ1) is 21.7. The van der Waals surface area contributed by atoms with Gasteiger partial charge in [0.15, 0.2) is 0 Å². The van der Waals surface area contributed by atoms with Crippen molar-refractivity contribution in [2.24, 2.45) is 16.8 Å². The average Bonchev–Trinajstić information content (AvgIpc) is 2.80. The Morgan fingerprint density at radius 3 is 2.10 bits per heavy atom. The molecule has 1 heterocycles. The number of hydrazone groups is 1.